The molecule has 0 aliphatic rings. The molecule has 0 saturated carbocycles. The zero-order valence-corrected chi connectivity index (χ0v) is 35.3. The van der Waals surface area contributed by atoms with E-state index < -0.39 is 26.5 Å². The standard InChI is InChI=1S/C44H80NO8P/c1-3-5-7-9-11-13-15-16-17-18-19-20-21-22-23-24-25-26-27-29-31-33-35-37-44(47)53-42(41-52-54(48,49)51-39-38-45)40-50-43(46)36-34-32-30-28-14-12-10-8-6-4-2/h5,7,11,13,16-17,19-20,42H,3-4,6,8-10,12,14-15,18,21-41,45H2,1-2H3,(H,48,49)/b7-5-,13-11-,17-16-,20-19-. The fourth-order valence-electron chi connectivity index (χ4n) is 5.80. The van der Waals surface area contributed by atoms with Gasteiger partial charge >= 0.3 is 19.8 Å². The number of phosphoric acid groups is 1. The highest BCUT2D eigenvalue weighted by Crippen LogP contribution is 2.43. The van der Waals surface area contributed by atoms with Crippen molar-refractivity contribution in [3.05, 3.63) is 48.6 Å². The molecule has 2 atom stereocenters. The molecule has 9 nitrogen and oxygen atoms in total. The summed E-state index contributed by atoms with van der Waals surface area (Å²) >= 11 is 0. The third-order valence-corrected chi connectivity index (χ3v) is 9.96. The van der Waals surface area contributed by atoms with Gasteiger partial charge in [-0.2, -0.15) is 0 Å². The van der Waals surface area contributed by atoms with Gasteiger partial charge in [-0.1, -0.05) is 172 Å². The topological polar surface area (TPSA) is 134 Å². The van der Waals surface area contributed by atoms with Crippen LogP contribution in [0.3, 0.4) is 0 Å². The predicted molar refractivity (Wildman–Crippen MR) is 224 cm³/mol. The van der Waals surface area contributed by atoms with Crippen LogP contribution in [-0.4, -0.2) is 49.3 Å². The maximum Gasteiger partial charge on any atom is 0.472 e. The van der Waals surface area contributed by atoms with Crippen LogP contribution in [0.2, 0.25) is 0 Å². The van der Waals surface area contributed by atoms with Crippen molar-refractivity contribution in [1.82, 2.24) is 0 Å². The first-order chi connectivity index (χ1) is 26.3. The Morgan fingerprint density at radius 3 is 1.52 bits per heavy atom. The molecule has 2 unspecified atom stereocenters. The van der Waals surface area contributed by atoms with Crippen LogP contribution in [0.15, 0.2) is 48.6 Å². The third kappa shape index (κ3) is 39.7. The lowest BCUT2D eigenvalue weighted by atomic mass is 10.0. The minimum atomic E-state index is -4.37. The molecular weight excluding hydrogens is 701 g/mol. The number of allylic oxidation sites excluding steroid dienone is 8. The summed E-state index contributed by atoms with van der Waals surface area (Å²) in [5.41, 5.74) is 5.34. The normalized spacial score (nSPS) is 13.8. The number of unbranched alkanes of at least 4 members (excludes halogenated alkanes) is 19. The van der Waals surface area contributed by atoms with Gasteiger partial charge in [0.2, 0.25) is 0 Å². The molecule has 314 valence electrons. The molecule has 0 aliphatic heterocycles. The summed E-state index contributed by atoms with van der Waals surface area (Å²) in [6.45, 7) is 3.60. The molecule has 0 rings (SSSR count). The summed E-state index contributed by atoms with van der Waals surface area (Å²) in [5.74, 6) is -0.834. The van der Waals surface area contributed by atoms with E-state index in [1.165, 1.54) is 83.5 Å². The molecule has 0 amide bonds. The van der Waals surface area contributed by atoms with Gasteiger partial charge < -0.3 is 20.1 Å². The quantitative estimate of drug-likeness (QED) is 0.0269. The van der Waals surface area contributed by atoms with Crippen LogP contribution >= 0.6 is 7.82 Å². The molecule has 0 radical (unpaired) electrons. The Morgan fingerprint density at radius 1 is 0.574 bits per heavy atom. The first kappa shape index (κ1) is 52.0. The Labute approximate surface area is 330 Å². The van der Waals surface area contributed by atoms with Gasteiger partial charge in [0, 0.05) is 19.4 Å². The van der Waals surface area contributed by atoms with Crippen molar-refractivity contribution in [2.75, 3.05) is 26.4 Å². The van der Waals surface area contributed by atoms with Gasteiger partial charge in [0.15, 0.2) is 6.10 Å². The maximum absolute atomic E-state index is 12.6. The third-order valence-electron chi connectivity index (χ3n) is 8.98. The Bertz CT molecular complexity index is 1030. The second-order valence-electron chi connectivity index (χ2n) is 14.2. The van der Waals surface area contributed by atoms with Crippen LogP contribution in [0.5, 0.6) is 0 Å². The molecule has 3 N–H and O–H groups in total. The van der Waals surface area contributed by atoms with E-state index in [1.807, 2.05) is 0 Å². The fraction of sp³-hybridized carbons (Fsp3) is 0.773. The average Bonchev–Trinajstić information content (AvgIpc) is 3.16. The van der Waals surface area contributed by atoms with Crippen LogP contribution in [0.4, 0.5) is 0 Å². The van der Waals surface area contributed by atoms with Crippen LogP contribution < -0.4 is 5.73 Å². The van der Waals surface area contributed by atoms with Gasteiger partial charge in [0.05, 0.1) is 13.2 Å². The van der Waals surface area contributed by atoms with Crippen LogP contribution in [0.1, 0.15) is 187 Å². The SMILES string of the molecule is CC/C=C\C/C=C\C/C=C\C/C=C\CCCCCCCCCCCCC(=O)OC(COC(=O)CCCCCCCCCCCC)COP(=O)(O)OCCN. The highest BCUT2D eigenvalue weighted by molar-refractivity contribution is 7.47. The minimum absolute atomic E-state index is 0.0522. The van der Waals surface area contributed by atoms with Gasteiger partial charge in [-0.3, -0.25) is 18.6 Å². The van der Waals surface area contributed by atoms with E-state index in [9.17, 15) is 19.0 Å². The van der Waals surface area contributed by atoms with Crippen molar-refractivity contribution in [2.45, 2.75) is 193 Å². The average molecular weight is 782 g/mol. The molecule has 54 heavy (non-hydrogen) atoms. The van der Waals surface area contributed by atoms with Crippen LogP contribution in [-0.2, 0) is 32.7 Å². The van der Waals surface area contributed by atoms with Crippen LogP contribution in [0, 0.1) is 0 Å². The number of esters is 2. The van der Waals surface area contributed by atoms with Gasteiger partial charge in [0.1, 0.15) is 6.61 Å². The molecule has 0 spiro atoms. The molecule has 0 aromatic heterocycles. The summed E-state index contributed by atoms with van der Waals surface area (Å²) in [7, 11) is -4.37. The van der Waals surface area contributed by atoms with E-state index in [1.54, 1.807) is 0 Å². The summed E-state index contributed by atoms with van der Waals surface area (Å²) in [6, 6.07) is 0. The number of hydrogen-bond acceptors (Lipinski definition) is 8. The number of carbonyl (C=O) groups excluding carboxylic acids is 2. The zero-order valence-electron chi connectivity index (χ0n) is 34.4. The maximum atomic E-state index is 12.6. The summed E-state index contributed by atoms with van der Waals surface area (Å²) in [4.78, 5) is 34.8. The number of phosphoric ester groups is 1. The first-order valence-corrected chi connectivity index (χ1v) is 23.1. The molecule has 0 aromatic rings. The van der Waals surface area contributed by atoms with Crippen LogP contribution in [0.25, 0.3) is 0 Å². The van der Waals surface area contributed by atoms with Crippen molar-refractivity contribution in [2.24, 2.45) is 5.73 Å². The van der Waals surface area contributed by atoms with E-state index in [4.69, 9.17) is 24.3 Å². The highest BCUT2D eigenvalue weighted by Gasteiger charge is 2.26. The lowest BCUT2D eigenvalue weighted by molar-refractivity contribution is -0.161. The fourth-order valence-corrected chi connectivity index (χ4v) is 6.57. The van der Waals surface area contributed by atoms with Gasteiger partial charge in [-0.15, -0.1) is 0 Å². The largest absolute Gasteiger partial charge is 0.472 e. The minimum Gasteiger partial charge on any atom is -0.462 e. The Hall–Kier alpha value is -2.03. The van der Waals surface area contributed by atoms with E-state index in [-0.39, 0.29) is 38.6 Å². The van der Waals surface area contributed by atoms with Crippen molar-refractivity contribution >= 4 is 19.8 Å². The van der Waals surface area contributed by atoms with Crippen molar-refractivity contribution in [1.29, 1.82) is 0 Å². The van der Waals surface area contributed by atoms with Gasteiger partial charge in [0.25, 0.3) is 0 Å². The highest BCUT2D eigenvalue weighted by atomic mass is 31.2. The van der Waals surface area contributed by atoms with Gasteiger partial charge in [-0.05, 0) is 51.4 Å². The number of nitrogens with two attached hydrogens (primary N) is 1. The van der Waals surface area contributed by atoms with Gasteiger partial charge in [-0.25, -0.2) is 4.57 Å². The molecule has 10 heteroatoms. The molecule has 0 bridgehead atoms. The van der Waals surface area contributed by atoms with Crippen molar-refractivity contribution in [3.8, 4) is 0 Å². The van der Waals surface area contributed by atoms with Crippen molar-refractivity contribution < 1.29 is 37.6 Å². The summed E-state index contributed by atoms with van der Waals surface area (Å²) < 4.78 is 32.7. The molecular formula is C44H80NO8P. The Balaban J connectivity index is 4.07. The second-order valence-corrected chi connectivity index (χ2v) is 15.6. The predicted octanol–water partition coefficient (Wildman–Crippen LogP) is 12.3. The Kier molecular flexibility index (Phi) is 39.1. The molecule has 0 fully saturated rings. The zero-order chi connectivity index (χ0) is 39.6. The monoisotopic (exact) mass is 782 g/mol. The Morgan fingerprint density at radius 2 is 1.02 bits per heavy atom. The summed E-state index contributed by atoms with van der Waals surface area (Å²) in [5, 5.41) is 0. The number of hydrogen-bond donors (Lipinski definition) is 2. The number of rotatable bonds is 40. The van der Waals surface area contributed by atoms with E-state index in [0.29, 0.717) is 6.42 Å². The van der Waals surface area contributed by atoms with E-state index in [0.717, 1.165) is 70.6 Å². The summed E-state index contributed by atoms with van der Waals surface area (Å²) in [6.07, 6.45) is 45.7. The van der Waals surface area contributed by atoms with Crippen molar-refractivity contribution in [3.63, 3.8) is 0 Å². The van der Waals surface area contributed by atoms with E-state index >= 15 is 0 Å². The van der Waals surface area contributed by atoms with E-state index in [2.05, 4.69) is 62.5 Å². The molecule has 0 aliphatic carbocycles. The molecule has 0 saturated heterocycles. The lowest BCUT2D eigenvalue weighted by Gasteiger charge is -2.19. The first-order valence-electron chi connectivity index (χ1n) is 21.6. The number of carbonyl (C=O) groups is 2. The molecule has 0 heterocycles. The second kappa shape index (κ2) is 40.6. The lowest BCUT2D eigenvalue weighted by Crippen LogP contribution is -2.29. The molecule has 0 aromatic carbocycles. The smallest absolute Gasteiger partial charge is 0.462 e. The number of ether oxygens (including phenoxy) is 2.